The van der Waals surface area contributed by atoms with Crippen molar-refractivity contribution in [2.75, 3.05) is 33.5 Å². The lowest BCUT2D eigenvalue weighted by Crippen LogP contribution is -2.28. The molecular weight excluding hydrogens is 306 g/mol. The van der Waals surface area contributed by atoms with Gasteiger partial charge in [-0.1, -0.05) is 0 Å². The first-order valence-electron chi connectivity index (χ1n) is 5.78. The monoisotopic (exact) mass is 323 g/mol. The molecule has 0 atom stereocenters. The van der Waals surface area contributed by atoms with Crippen LogP contribution in [0.4, 0.5) is 0 Å². The summed E-state index contributed by atoms with van der Waals surface area (Å²) in [4.78, 5) is 11.3. The Hall–Kier alpha value is -1.00. The Morgan fingerprint density at radius 1 is 1.40 bits per heavy atom. The minimum atomic E-state index is -3.71. The molecule has 2 N–H and O–H groups in total. The van der Waals surface area contributed by atoms with Gasteiger partial charge in [0.1, 0.15) is 4.88 Å². The predicted octanol–water partition coefficient (Wildman–Crippen LogP) is 0.696. The Morgan fingerprint density at radius 2 is 2.10 bits per heavy atom. The molecule has 0 aromatic carbocycles. The van der Waals surface area contributed by atoms with E-state index in [-0.39, 0.29) is 22.9 Å². The van der Waals surface area contributed by atoms with Crippen LogP contribution in [0.25, 0.3) is 0 Å². The van der Waals surface area contributed by atoms with Crippen LogP contribution in [0.1, 0.15) is 14.5 Å². The summed E-state index contributed by atoms with van der Waals surface area (Å²) < 4.78 is 36.3. The quantitative estimate of drug-likeness (QED) is 0.649. The molecule has 0 bridgehead atoms. The minimum Gasteiger partial charge on any atom is -0.477 e. The molecule has 114 valence electrons. The second kappa shape index (κ2) is 7.70. The molecule has 1 aromatic heterocycles. The molecule has 9 heteroatoms. The highest BCUT2D eigenvalue weighted by Crippen LogP contribution is 2.25. The molecule has 0 unspecified atom stereocenters. The van der Waals surface area contributed by atoms with E-state index in [2.05, 4.69) is 4.72 Å². The molecule has 7 nitrogen and oxygen atoms in total. The molecule has 0 aliphatic rings. The fourth-order valence-corrected chi connectivity index (χ4v) is 3.85. The Kier molecular flexibility index (Phi) is 6.56. The number of thiophene rings is 1. The number of carboxylic acids is 1. The van der Waals surface area contributed by atoms with Crippen LogP contribution in [-0.2, 0) is 19.5 Å². The topological polar surface area (TPSA) is 102 Å². The highest BCUT2D eigenvalue weighted by atomic mass is 32.2. The molecule has 1 heterocycles. The maximum absolute atomic E-state index is 12.0. The number of hydrogen-bond acceptors (Lipinski definition) is 6. The van der Waals surface area contributed by atoms with E-state index in [1.165, 1.54) is 0 Å². The van der Waals surface area contributed by atoms with E-state index in [9.17, 15) is 13.2 Å². The molecule has 0 amide bonds. The van der Waals surface area contributed by atoms with Crippen LogP contribution in [0.2, 0.25) is 0 Å². The fourth-order valence-electron chi connectivity index (χ4n) is 1.41. The number of hydrogen-bond donors (Lipinski definition) is 2. The number of aromatic carboxylic acids is 1. The third-order valence-corrected chi connectivity index (χ3v) is 5.10. The van der Waals surface area contributed by atoms with Crippen LogP contribution in [0.15, 0.2) is 11.0 Å². The number of carbonyl (C=O) groups is 1. The first kappa shape index (κ1) is 17.1. The van der Waals surface area contributed by atoms with Gasteiger partial charge in [-0.25, -0.2) is 17.9 Å². The Morgan fingerprint density at radius 3 is 2.65 bits per heavy atom. The second-order valence-electron chi connectivity index (χ2n) is 3.84. The summed E-state index contributed by atoms with van der Waals surface area (Å²) in [6.45, 7) is 2.74. The zero-order chi connectivity index (χ0) is 15.2. The van der Waals surface area contributed by atoms with Crippen LogP contribution in [-0.4, -0.2) is 53.0 Å². The van der Waals surface area contributed by atoms with Gasteiger partial charge < -0.3 is 14.6 Å². The van der Waals surface area contributed by atoms with E-state index in [4.69, 9.17) is 14.6 Å². The summed E-state index contributed by atoms with van der Waals surface area (Å²) in [5, 5.41) is 8.85. The smallest absolute Gasteiger partial charge is 0.345 e. The van der Waals surface area contributed by atoms with Crippen molar-refractivity contribution in [3.8, 4) is 0 Å². The summed E-state index contributed by atoms with van der Waals surface area (Å²) in [7, 11) is -2.16. The molecule has 0 aliphatic heterocycles. The maximum Gasteiger partial charge on any atom is 0.345 e. The van der Waals surface area contributed by atoms with E-state index >= 15 is 0 Å². The lowest BCUT2D eigenvalue weighted by Gasteiger charge is -2.06. The van der Waals surface area contributed by atoms with Crippen LogP contribution in [0.3, 0.4) is 0 Å². The zero-order valence-electron chi connectivity index (χ0n) is 11.2. The number of rotatable bonds is 9. The van der Waals surface area contributed by atoms with Crippen molar-refractivity contribution in [2.24, 2.45) is 0 Å². The Balaban J connectivity index is 2.58. The van der Waals surface area contributed by atoms with Gasteiger partial charge in [-0.3, -0.25) is 0 Å². The predicted molar refractivity (Wildman–Crippen MR) is 73.9 cm³/mol. The van der Waals surface area contributed by atoms with Gasteiger partial charge in [0.05, 0.1) is 24.7 Å². The fraction of sp³-hybridized carbons (Fsp3) is 0.545. The minimum absolute atomic E-state index is 0.000723. The molecule has 1 aromatic rings. The van der Waals surface area contributed by atoms with Crippen molar-refractivity contribution in [2.45, 2.75) is 11.8 Å². The number of aryl methyl sites for hydroxylation is 1. The second-order valence-corrected chi connectivity index (χ2v) is 6.83. The van der Waals surface area contributed by atoms with Crippen LogP contribution in [0.5, 0.6) is 0 Å². The highest BCUT2D eigenvalue weighted by Gasteiger charge is 2.21. The van der Waals surface area contributed by atoms with Gasteiger partial charge in [0.15, 0.2) is 0 Å². The first-order valence-corrected chi connectivity index (χ1v) is 8.08. The highest BCUT2D eigenvalue weighted by molar-refractivity contribution is 7.89. The number of carboxylic acid groups (broad SMARTS) is 1. The lowest BCUT2D eigenvalue weighted by molar-refractivity contribution is 0.0702. The largest absolute Gasteiger partial charge is 0.477 e. The maximum atomic E-state index is 12.0. The third kappa shape index (κ3) is 4.84. The van der Waals surface area contributed by atoms with E-state index in [0.29, 0.717) is 18.1 Å². The molecule has 20 heavy (non-hydrogen) atoms. The summed E-state index contributed by atoms with van der Waals surface area (Å²) >= 11 is 0.933. The average molecular weight is 323 g/mol. The Labute approximate surface area is 121 Å². The third-order valence-electron chi connectivity index (χ3n) is 2.34. The number of nitrogens with one attached hydrogen (secondary N) is 1. The normalized spacial score (nSPS) is 11.7. The van der Waals surface area contributed by atoms with E-state index < -0.39 is 16.0 Å². The molecule has 0 spiro atoms. The summed E-state index contributed by atoms with van der Waals surface area (Å²) in [5.74, 6) is -1.14. The van der Waals surface area contributed by atoms with Crippen LogP contribution in [0, 0.1) is 6.92 Å². The van der Waals surface area contributed by atoms with Gasteiger partial charge in [0.2, 0.25) is 10.0 Å². The van der Waals surface area contributed by atoms with Gasteiger partial charge in [-0.05, 0) is 13.0 Å². The van der Waals surface area contributed by atoms with Crippen LogP contribution >= 0.6 is 11.3 Å². The molecule has 0 aliphatic carbocycles. The number of sulfonamides is 1. The van der Waals surface area contributed by atoms with Crippen molar-refractivity contribution in [1.82, 2.24) is 4.72 Å². The van der Waals surface area contributed by atoms with E-state index in [0.717, 1.165) is 17.4 Å². The van der Waals surface area contributed by atoms with Gasteiger partial charge in [0, 0.05) is 18.5 Å². The Bertz CT molecular complexity index is 551. The zero-order valence-corrected chi connectivity index (χ0v) is 12.8. The van der Waals surface area contributed by atoms with Crippen molar-refractivity contribution in [3.63, 3.8) is 0 Å². The van der Waals surface area contributed by atoms with Gasteiger partial charge in [0.25, 0.3) is 0 Å². The first-order chi connectivity index (χ1) is 9.38. The summed E-state index contributed by atoms with van der Waals surface area (Å²) in [6.07, 6.45) is 0. The molecular formula is C11H17NO6S2. The number of ether oxygens (including phenoxy) is 2. The summed E-state index contributed by atoms with van der Waals surface area (Å²) in [5.41, 5.74) is 0. The number of methoxy groups -OCH3 is 1. The average Bonchev–Trinajstić information content (AvgIpc) is 2.77. The van der Waals surface area contributed by atoms with Crippen molar-refractivity contribution in [3.05, 3.63) is 15.8 Å². The lowest BCUT2D eigenvalue weighted by atomic mass is 10.4. The van der Waals surface area contributed by atoms with Gasteiger partial charge in [-0.15, -0.1) is 11.3 Å². The molecule has 0 radical (unpaired) electrons. The van der Waals surface area contributed by atoms with Crippen LogP contribution < -0.4 is 4.72 Å². The van der Waals surface area contributed by atoms with Crippen molar-refractivity contribution >= 4 is 27.3 Å². The molecule has 0 saturated carbocycles. The molecule has 1 rings (SSSR count). The SMILES string of the molecule is COCCOCCNS(=O)(=O)c1cc(C(=O)O)sc1C. The van der Waals surface area contributed by atoms with Crippen molar-refractivity contribution in [1.29, 1.82) is 0 Å². The van der Waals surface area contributed by atoms with E-state index in [1.807, 2.05) is 0 Å². The van der Waals surface area contributed by atoms with E-state index in [1.54, 1.807) is 14.0 Å². The van der Waals surface area contributed by atoms with Gasteiger partial charge in [-0.2, -0.15) is 0 Å². The van der Waals surface area contributed by atoms with Crippen molar-refractivity contribution < 1.29 is 27.8 Å². The molecule has 0 saturated heterocycles. The van der Waals surface area contributed by atoms with Gasteiger partial charge >= 0.3 is 5.97 Å². The standard InChI is InChI=1S/C11H17NO6S2/c1-8-10(7-9(19-8)11(13)14)20(15,16)12-3-4-18-6-5-17-2/h7,12H,3-6H2,1-2H3,(H,13,14). The summed E-state index contributed by atoms with van der Waals surface area (Å²) in [6, 6.07) is 1.16. The molecule has 0 fully saturated rings.